The van der Waals surface area contributed by atoms with E-state index in [2.05, 4.69) is 53.6 Å². The van der Waals surface area contributed by atoms with Gasteiger partial charge in [0, 0.05) is 24.3 Å². The Morgan fingerprint density at radius 2 is 1.90 bits per heavy atom. The fourth-order valence-corrected chi connectivity index (χ4v) is 3.09. The van der Waals surface area contributed by atoms with E-state index in [1.165, 1.54) is 31.4 Å². The van der Waals surface area contributed by atoms with Crippen molar-refractivity contribution in [2.45, 2.75) is 45.6 Å². The summed E-state index contributed by atoms with van der Waals surface area (Å²) in [6.45, 7) is 4.74. The molecule has 0 atom stereocenters. The summed E-state index contributed by atoms with van der Waals surface area (Å²) in [5, 5.41) is 11.9. The zero-order chi connectivity index (χ0) is 14.9. The van der Waals surface area contributed by atoms with Gasteiger partial charge in [-0.2, -0.15) is 0 Å². The molecule has 1 fully saturated rings. The molecule has 4 heteroatoms. The molecule has 0 amide bonds. The van der Waals surface area contributed by atoms with E-state index in [1.807, 2.05) is 11.6 Å². The number of nitrogens with one attached hydrogen (secondary N) is 1. The van der Waals surface area contributed by atoms with Gasteiger partial charge in [0.15, 0.2) is 5.82 Å². The van der Waals surface area contributed by atoms with Gasteiger partial charge in [-0.15, -0.1) is 10.2 Å². The van der Waals surface area contributed by atoms with Crippen molar-refractivity contribution in [3.63, 3.8) is 0 Å². The molecule has 3 rings (SSSR count). The largest absolute Gasteiger partial charge is 0.382 e. The van der Waals surface area contributed by atoms with Crippen LogP contribution in [0.1, 0.15) is 39.5 Å². The van der Waals surface area contributed by atoms with Crippen LogP contribution in [0.5, 0.6) is 0 Å². The first-order chi connectivity index (χ1) is 10.1. The third-order valence-corrected chi connectivity index (χ3v) is 4.58. The van der Waals surface area contributed by atoms with E-state index in [-0.39, 0.29) is 0 Å². The SMILES string of the molecule is Cn1cnnc1-c1ccccc1NC1CCC(C)(C)CC1. The van der Waals surface area contributed by atoms with Gasteiger partial charge in [-0.1, -0.05) is 26.0 Å². The molecule has 2 aromatic rings. The number of aryl methyl sites for hydroxylation is 1. The third-order valence-electron chi connectivity index (χ3n) is 4.58. The van der Waals surface area contributed by atoms with Crippen LogP contribution in [0, 0.1) is 5.41 Å². The summed E-state index contributed by atoms with van der Waals surface area (Å²) in [6, 6.07) is 8.95. The molecule has 112 valence electrons. The molecule has 1 aliphatic rings. The van der Waals surface area contributed by atoms with E-state index >= 15 is 0 Å². The lowest BCUT2D eigenvalue weighted by Gasteiger charge is -2.35. The maximum absolute atomic E-state index is 4.24. The normalized spacial score (nSPS) is 18.6. The van der Waals surface area contributed by atoms with Crippen LogP contribution in [0.3, 0.4) is 0 Å². The first kappa shape index (κ1) is 14.1. The molecule has 1 aromatic heterocycles. The van der Waals surface area contributed by atoms with Gasteiger partial charge in [0.05, 0.1) is 0 Å². The maximum Gasteiger partial charge on any atom is 0.165 e. The first-order valence-electron chi connectivity index (χ1n) is 7.75. The Morgan fingerprint density at radius 1 is 1.19 bits per heavy atom. The average Bonchev–Trinajstić information content (AvgIpc) is 2.88. The van der Waals surface area contributed by atoms with Crippen LogP contribution >= 0.6 is 0 Å². The molecule has 1 N–H and O–H groups in total. The van der Waals surface area contributed by atoms with E-state index in [0.29, 0.717) is 11.5 Å². The minimum Gasteiger partial charge on any atom is -0.382 e. The van der Waals surface area contributed by atoms with E-state index in [4.69, 9.17) is 0 Å². The van der Waals surface area contributed by atoms with Crippen molar-refractivity contribution in [1.82, 2.24) is 14.8 Å². The van der Waals surface area contributed by atoms with Crippen molar-refractivity contribution < 1.29 is 0 Å². The van der Waals surface area contributed by atoms with Crippen molar-refractivity contribution in [3.8, 4) is 11.4 Å². The monoisotopic (exact) mass is 284 g/mol. The van der Waals surface area contributed by atoms with Crippen LogP contribution < -0.4 is 5.32 Å². The maximum atomic E-state index is 4.24. The molecule has 0 unspecified atom stereocenters. The first-order valence-corrected chi connectivity index (χ1v) is 7.75. The second kappa shape index (κ2) is 5.51. The Bertz CT molecular complexity index is 605. The van der Waals surface area contributed by atoms with Gasteiger partial charge >= 0.3 is 0 Å². The third kappa shape index (κ3) is 3.09. The lowest BCUT2D eigenvalue weighted by atomic mass is 9.75. The predicted molar refractivity (Wildman–Crippen MR) is 86.1 cm³/mol. The summed E-state index contributed by atoms with van der Waals surface area (Å²) in [4.78, 5) is 0. The molecule has 21 heavy (non-hydrogen) atoms. The minimum atomic E-state index is 0.501. The number of benzene rings is 1. The highest BCUT2D eigenvalue weighted by atomic mass is 15.2. The second-order valence-corrected chi connectivity index (χ2v) is 6.89. The number of para-hydroxylation sites is 1. The van der Waals surface area contributed by atoms with Crippen molar-refractivity contribution in [2.24, 2.45) is 12.5 Å². The van der Waals surface area contributed by atoms with Crippen LogP contribution in [-0.2, 0) is 7.05 Å². The highest BCUT2D eigenvalue weighted by Crippen LogP contribution is 2.37. The van der Waals surface area contributed by atoms with Crippen molar-refractivity contribution >= 4 is 5.69 Å². The Labute approximate surface area is 126 Å². The number of hydrogen-bond acceptors (Lipinski definition) is 3. The lowest BCUT2D eigenvalue weighted by molar-refractivity contribution is 0.232. The molecule has 0 spiro atoms. The standard InChI is InChI=1S/C17H24N4/c1-17(2)10-8-13(9-11-17)19-15-7-5-4-6-14(15)16-20-18-12-21(16)3/h4-7,12-13,19H,8-11H2,1-3H3. The quantitative estimate of drug-likeness (QED) is 0.930. The highest BCUT2D eigenvalue weighted by molar-refractivity contribution is 5.73. The molecule has 1 aliphatic carbocycles. The molecule has 0 aliphatic heterocycles. The van der Waals surface area contributed by atoms with Gasteiger partial charge in [-0.3, -0.25) is 0 Å². The average molecular weight is 284 g/mol. The van der Waals surface area contributed by atoms with Crippen molar-refractivity contribution in [3.05, 3.63) is 30.6 Å². The number of nitrogens with zero attached hydrogens (tertiary/aromatic N) is 3. The van der Waals surface area contributed by atoms with Crippen molar-refractivity contribution in [2.75, 3.05) is 5.32 Å². The van der Waals surface area contributed by atoms with Gasteiger partial charge in [0.2, 0.25) is 0 Å². The Morgan fingerprint density at radius 3 is 2.57 bits per heavy atom. The molecule has 0 saturated heterocycles. The van der Waals surface area contributed by atoms with Crippen LogP contribution in [0.4, 0.5) is 5.69 Å². The Kier molecular flexibility index (Phi) is 3.70. The lowest BCUT2D eigenvalue weighted by Crippen LogP contribution is -2.30. The summed E-state index contributed by atoms with van der Waals surface area (Å²) in [5.41, 5.74) is 2.79. The topological polar surface area (TPSA) is 42.7 Å². The fourth-order valence-electron chi connectivity index (χ4n) is 3.09. The molecular weight excluding hydrogens is 260 g/mol. The van der Waals surface area contributed by atoms with Crippen LogP contribution in [0.15, 0.2) is 30.6 Å². The summed E-state index contributed by atoms with van der Waals surface area (Å²) < 4.78 is 1.96. The van der Waals surface area contributed by atoms with Gasteiger partial charge in [0.25, 0.3) is 0 Å². The number of hydrogen-bond donors (Lipinski definition) is 1. The van der Waals surface area contributed by atoms with E-state index in [1.54, 1.807) is 6.33 Å². The summed E-state index contributed by atoms with van der Waals surface area (Å²) >= 11 is 0. The van der Waals surface area contributed by atoms with Gasteiger partial charge in [-0.05, 0) is 43.2 Å². The zero-order valence-corrected chi connectivity index (χ0v) is 13.1. The van der Waals surface area contributed by atoms with Gasteiger partial charge < -0.3 is 9.88 Å². The second-order valence-electron chi connectivity index (χ2n) is 6.89. The zero-order valence-electron chi connectivity index (χ0n) is 13.1. The van der Waals surface area contributed by atoms with E-state index in [9.17, 15) is 0 Å². The Hall–Kier alpha value is -1.84. The number of anilines is 1. The molecule has 0 radical (unpaired) electrons. The molecule has 1 aromatic carbocycles. The van der Waals surface area contributed by atoms with Crippen molar-refractivity contribution in [1.29, 1.82) is 0 Å². The van der Waals surface area contributed by atoms with E-state index in [0.717, 1.165) is 11.4 Å². The molecule has 4 nitrogen and oxygen atoms in total. The summed E-state index contributed by atoms with van der Waals surface area (Å²) in [7, 11) is 1.98. The molecule has 0 bridgehead atoms. The van der Waals surface area contributed by atoms with Gasteiger partial charge in [0.1, 0.15) is 6.33 Å². The molecular formula is C17H24N4. The van der Waals surface area contributed by atoms with E-state index < -0.39 is 0 Å². The van der Waals surface area contributed by atoms with Crippen LogP contribution in [0.25, 0.3) is 11.4 Å². The summed E-state index contributed by atoms with van der Waals surface area (Å²) in [6.07, 6.45) is 6.79. The van der Waals surface area contributed by atoms with Gasteiger partial charge in [-0.25, -0.2) is 0 Å². The minimum absolute atomic E-state index is 0.501. The molecule has 1 heterocycles. The number of rotatable bonds is 3. The predicted octanol–water partition coefficient (Wildman–Crippen LogP) is 3.86. The smallest absolute Gasteiger partial charge is 0.165 e. The summed E-state index contributed by atoms with van der Waals surface area (Å²) in [5.74, 6) is 0.911. The Balaban J connectivity index is 1.79. The molecule has 1 saturated carbocycles. The fraction of sp³-hybridized carbons (Fsp3) is 0.529. The highest BCUT2D eigenvalue weighted by Gasteiger charge is 2.27. The number of aromatic nitrogens is 3. The van der Waals surface area contributed by atoms with Crippen LogP contribution in [-0.4, -0.2) is 20.8 Å². The van der Waals surface area contributed by atoms with Crippen LogP contribution in [0.2, 0.25) is 0 Å².